The van der Waals surface area contributed by atoms with Crippen LogP contribution in [0.2, 0.25) is 0 Å². The van der Waals surface area contributed by atoms with Gasteiger partial charge in [0.25, 0.3) is 0 Å². The zero-order valence-electron chi connectivity index (χ0n) is 15.5. The van der Waals surface area contributed by atoms with Gasteiger partial charge in [0.2, 0.25) is 11.9 Å². The van der Waals surface area contributed by atoms with Gasteiger partial charge in [-0.1, -0.05) is 6.92 Å². The number of hydrogen-bond donors (Lipinski definition) is 2. The van der Waals surface area contributed by atoms with E-state index in [1.807, 2.05) is 38.1 Å². The Bertz CT molecular complexity index is 619. The second kappa shape index (κ2) is 10.2. The van der Waals surface area contributed by atoms with Crippen molar-refractivity contribution < 1.29 is 14.3 Å². The fourth-order valence-electron chi connectivity index (χ4n) is 2.27. The van der Waals surface area contributed by atoms with Gasteiger partial charge in [-0.2, -0.15) is 10.1 Å². The highest BCUT2D eigenvalue weighted by Gasteiger charge is 2.32. The summed E-state index contributed by atoms with van der Waals surface area (Å²) in [6.07, 6.45) is 1.67. The second-order valence-corrected chi connectivity index (χ2v) is 6.08. The Morgan fingerprint density at radius 1 is 1.00 bits per heavy atom. The summed E-state index contributed by atoms with van der Waals surface area (Å²) in [5.41, 5.74) is 10.8. The molecule has 0 fully saturated rings. The summed E-state index contributed by atoms with van der Waals surface area (Å²) in [5.74, 6) is 1.98. The number of halogens is 1. The van der Waals surface area contributed by atoms with Crippen LogP contribution in [0.3, 0.4) is 0 Å². The average molecular weight is 430 g/mol. The summed E-state index contributed by atoms with van der Waals surface area (Å²) in [5, 5.41) is 1.46. The summed E-state index contributed by atoms with van der Waals surface area (Å²) in [6, 6.07) is 7.58. The fourth-order valence-corrected chi connectivity index (χ4v) is 2.27. The van der Waals surface area contributed by atoms with Crippen LogP contribution >= 0.6 is 17.0 Å². The van der Waals surface area contributed by atoms with Gasteiger partial charge in [0, 0.05) is 6.42 Å². The van der Waals surface area contributed by atoms with E-state index in [2.05, 4.69) is 16.9 Å². The van der Waals surface area contributed by atoms with E-state index in [4.69, 9.17) is 25.8 Å². The van der Waals surface area contributed by atoms with Crippen molar-refractivity contribution in [3.8, 4) is 11.5 Å². The predicted octanol–water partition coefficient (Wildman–Crippen LogP) is 2.43. The number of nitrogens with zero attached hydrogens (tertiary/aromatic N) is 3. The Kier molecular flexibility index (Phi) is 8.67. The molecule has 4 N–H and O–H groups in total. The molecule has 0 bridgehead atoms. The van der Waals surface area contributed by atoms with Crippen molar-refractivity contribution in [1.29, 1.82) is 0 Å². The lowest BCUT2D eigenvalue weighted by molar-refractivity contribution is -0.158. The summed E-state index contributed by atoms with van der Waals surface area (Å²) >= 11 is 0. The van der Waals surface area contributed by atoms with Crippen LogP contribution in [0.4, 0.5) is 0 Å². The third-order valence-electron chi connectivity index (χ3n) is 3.40. The van der Waals surface area contributed by atoms with Crippen LogP contribution in [0.15, 0.2) is 34.3 Å². The van der Waals surface area contributed by atoms with Gasteiger partial charge in [0.1, 0.15) is 11.5 Å². The second-order valence-electron chi connectivity index (χ2n) is 6.08. The number of nitrogens with two attached hydrogens (primary N) is 2. The lowest BCUT2D eigenvalue weighted by Gasteiger charge is -2.36. The van der Waals surface area contributed by atoms with Gasteiger partial charge in [-0.15, -0.1) is 17.0 Å². The highest BCUT2D eigenvalue weighted by Crippen LogP contribution is 2.20. The zero-order chi connectivity index (χ0) is 18.3. The summed E-state index contributed by atoms with van der Waals surface area (Å²) in [7, 11) is 0. The number of hydroxylamine groups is 2. The first kappa shape index (κ1) is 22.0. The van der Waals surface area contributed by atoms with Crippen LogP contribution in [-0.4, -0.2) is 42.5 Å². The first-order valence-electron chi connectivity index (χ1n) is 8.40. The van der Waals surface area contributed by atoms with Gasteiger partial charge in [0.05, 0.1) is 19.8 Å². The molecular formula is C17H28BrN5O3. The highest BCUT2D eigenvalue weighted by atomic mass is 79.9. The molecule has 0 aliphatic carbocycles. The Morgan fingerprint density at radius 3 is 2.12 bits per heavy atom. The van der Waals surface area contributed by atoms with Crippen molar-refractivity contribution in [3.63, 3.8) is 0 Å². The highest BCUT2D eigenvalue weighted by molar-refractivity contribution is 8.93. The Labute approximate surface area is 164 Å². The molecule has 1 heterocycles. The fraction of sp³-hybridized carbons (Fsp3) is 0.529. The molecule has 8 nitrogen and oxygen atoms in total. The van der Waals surface area contributed by atoms with Crippen molar-refractivity contribution in [3.05, 3.63) is 24.3 Å². The predicted molar refractivity (Wildman–Crippen MR) is 108 cm³/mol. The quantitative estimate of drug-likeness (QED) is 0.583. The van der Waals surface area contributed by atoms with Gasteiger partial charge in [-0.25, -0.2) is 4.99 Å². The molecule has 1 aromatic carbocycles. The molecular weight excluding hydrogens is 402 g/mol. The molecule has 26 heavy (non-hydrogen) atoms. The first-order valence-corrected chi connectivity index (χ1v) is 8.40. The molecule has 0 atom stereocenters. The maximum absolute atomic E-state index is 5.85. The minimum absolute atomic E-state index is 0. The monoisotopic (exact) mass is 429 g/mol. The molecule has 2 rings (SSSR count). The number of rotatable bonds is 9. The number of benzene rings is 1. The molecule has 0 saturated heterocycles. The van der Waals surface area contributed by atoms with E-state index in [0.717, 1.165) is 17.9 Å². The van der Waals surface area contributed by atoms with Crippen molar-refractivity contribution in [2.24, 2.45) is 21.5 Å². The van der Waals surface area contributed by atoms with Gasteiger partial charge in [-0.05, 0) is 44.5 Å². The van der Waals surface area contributed by atoms with E-state index < -0.39 is 5.66 Å². The molecule has 0 unspecified atom stereocenters. The summed E-state index contributed by atoms with van der Waals surface area (Å²) in [4.78, 5) is 13.8. The van der Waals surface area contributed by atoms with E-state index in [1.54, 1.807) is 0 Å². The standard InChI is InChI=1S/C17H27N5O3.BrH/c1-4-10-23-13-6-8-14(9-7-13)24-11-5-12-25-22-16(19)20-15(18)21-17(22,2)3;/h6-9H,4-5,10-12H2,1-3H3,(H4,18,19,20,21);1H. The minimum Gasteiger partial charge on any atom is -0.494 e. The van der Waals surface area contributed by atoms with E-state index in [0.29, 0.717) is 26.2 Å². The molecule has 0 saturated carbocycles. The van der Waals surface area contributed by atoms with E-state index in [1.165, 1.54) is 5.06 Å². The van der Waals surface area contributed by atoms with Crippen LogP contribution in [0.1, 0.15) is 33.6 Å². The lowest BCUT2D eigenvalue weighted by atomic mass is 10.2. The number of aliphatic imine (C=N–C) groups is 2. The lowest BCUT2D eigenvalue weighted by Crippen LogP contribution is -2.53. The first-order chi connectivity index (χ1) is 11.9. The minimum atomic E-state index is -0.689. The number of hydrogen-bond acceptors (Lipinski definition) is 8. The van der Waals surface area contributed by atoms with Crippen LogP contribution in [-0.2, 0) is 4.84 Å². The van der Waals surface area contributed by atoms with Crippen molar-refractivity contribution >= 4 is 28.9 Å². The molecule has 1 aliphatic heterocycles. The van der Waals surface area contributed by atoms with Crippen LogP contribution < -0.4 is 20.9 Å². The van der Waals surface area contributed by atoms with Crippen LogP contribution in [0.25, 0.3) is 0 Å². The molecule has 146 valence electrons. The molecule has 0 amide bonds. The molecule has 0 radical (unpaired) electrons. The molecule has 1 aromatic rings. The largest absolute Gasteiger partial charge is 0.494 e. The third-order valence-corrected chi connectivity index (χ3v) is 3.40. The van der Waals surface area contributed by atoms with Gasteiger partial charge in [-0.3, -0.25) is 4.84 Å². The van der Waals surface area contributed by atoms with E-state index in [9.17, 15) is 0 Å². The molecule has 1 aliphatic rings. The van der Waals surface area contributed by atoms with E-state index >= 15 is 0 Å². The summed E-state index contributed by atoms with van der Waals surface area (Å²) < 4.78 is 11.2. The van der Waals surface area contributed by atoms with Gasteiger partial charge >= 0.3 is 0 Å². The van der Waals surface area contributed by atoms with Crippen molar-refractivity contribution in [2.45, 2.75) is 39.3 Å². The number of guanidine groups is 2. The SMILES string of the molecule is Br.CCCOc1ccc(OCCCON2C(N)=NC(N)=NC2(C)C)cc1. The van der Waals surface area contributed by atoms with Gasteiger partial charge in [0.15, 0.2) is 5.66 Å². The molecule has 9 heteroatoms. The molecule has 0 aromatic heterocycles. The van der Waals surface area contributed by atoms with Crippen molar-refractivity contribution in [1.82, 2.24) is 5.06 Å². The molecule has 0 spiro atoms. The average Bonchev–Trinajstić information content (AvgIpc) is 2.55. The van der Waals surface area contributed by atoms with Crippen LogP contribution in [0, 0.1) is 0 Å². The summed E-state index contributed by atoms with van der Waals surface area (Å²) in [6.45, 7) is 7.43. The zero-order valence-corrected chi connectivity index (χ0v) is 17.2. The Balaban J connectivity index is 0.00000338. The maximum Gasteiger partial charge on any atom is 0.226 e. The Hall–Kier alpha value is -2.00. The Morgan fingerprint density at radius 2 is 1.58 bits per heavy atom. The van der Waals surface area contributed by atoms with Crippen molar-refractivity contribution in [2.75, 3.05) is 19.8 Å². The normalized spacial score (nSPS) is 15.6. The number of ether oxygens (including phenoxy) is 2. The third kappa shape index (κ3) is 6.38. The van der Waals surface area contributed by atoms with Gasteiger partial charge < -0.3 is 20.9 Å². The topological polar surface area (TPSA) is 108 Å². The van der Waals surface area contributed by atoms with E-state index in [-0.39, 0.29) is 28.9 Å². The smallest absolute Gasteiger partial charge is 0.226 e. The van der Waals surface area contributed by atoms with Crippen LogP contribution in [0.5, 0.6) is 11.5 Å². The maximum atomic E-state index is 5.85.